The molecule has 4 nitrogen and oxygen atoms in total. The van der Waals surface area contributed by atoms with E-state index in [1.54, 1.807) is 17.0 Å². The Kier molecular flexibility index (Phi) is 4.43. The van der Waals surface area contributed by atoms with Crippen LogP contribution >= 0.6 is 15.9 Å². The normalized spacial score (nSPS) is 17.4. The van der Waals surface area contributed by atoms with E-state index in [0.29, 0.717) is 0 Å². The van der Waals surface area contributed by atoms with Crippen molar-refractivity contribution in [1.29, 1.82) is 0 Å². The van der Waals surface area contributed by atoms with Gasteiger partial charge in [-0.1, -0.05) is 34.1 Å². The van der Waals surface area contributed by atoms with Crippen molar-refractivity contribution in [1.82, 2.24) is 0 Å². The fourth-order valence-corrected chi connectivity index (χ4v) is 2.96. The summed E-state index contributed by atoms with van der Waals surface area (Å²) in [4.78, 5) is 26.0. The Balaban J connectivity index is 1.72. The average Bonchev–Trinajstić information content (AvgIpc) is 2.92. The van der Waals surface area contributed by atoms with Crippen LogP contribution in [0.4, 0.5) is 15.8 Å². The number of para-hydroxylation sites is 1. The molecule has 1 aliphatic heterocycles. The van der Waals surface area contributed by atoms with Crippen molar-refractivity contribution in [3.8, 4) is 0 Å². The monoisotopic (exact) mass is 376 g/mol. The molecule has 2 aromatic carbocycles. The molecule has 0 saturated carbocycles. The Morgan fingerprint density at radius 2 is 2.00 bits per heavy atom. The number of hydrogen-bond donors (Lipinski definition) is 1. The van der Waals surface area contributed by atoms with Crippen LogP contribution in [0.3, 0.4) is 0 Å². The standard InChI is InChI=1S/C17H14BrFN2O2/c18-12-4-3-5-13(9-12)21-10-11(8-16(21)22)17(23)20-15-7-2-1-6-14(15)19/h1-7,9,11H,8,10H2,(H,20,23)/t11-/m0/s1. The lowest BCUT2D eigenvalue weighted by Crippen LogP contribution is -2.28. The second kappa shape index (κ2) is 6.50. The maximum absolute atomic E-state index is 13.6. The number of hydrogen-bond acceptors (Lipinski definition) is 2. The third kappa shape index (κ3) is 3.42. The highest BCUT2D eigenvalue weighted by Gasteiger charge is 2.35. The van der Waals surface area contributed by atoms with Gasteiger partial charge < -0.3 is 10.2 Å². The van der Waals surface area contributed by atoms with Crippen LogP contribution in [0.1, 0.15) is 6.42 Å². The molecule has 0 aromatic heterocycles. The maximum atomic E-state index is 13.6. The molecule has 0 aliphatic carbocycles. The lowest BCUT2D eigenvalue weighted by atomic mass is 10.1. The summed E-state index contributed by atoms with van der Waals surface area (Å²) in [6, 6.07) is 13.3. The number of nitrogens with zero attached hydrogens (tertiary/aromatic N) is 1. The molecule has 1 heterocycles. The zero-order valence-corrected chi connectivity index (χ0v) is 13.7. The van der Waals surface area contributed by atoms with E-state index >= 15 is 0 Å². The molecule has 6 heteroatoms. The molecule has 0 unspecified atom stereocenters. The van der Waals surface area contributed by atoms with Gasteiger partial charge in [-0.25, -0.2) is 4.39 Å². The van der Waals surface area contributed by atoms with Gasteiger partial charge in [0.25, 0.3) is 0 Å². The van der Waals surface area contributed by atoms with Gasteiger partial charge in [0, 0.05) is 23.1 Å². The zero-order chi connectivity index (χ0) is 16.4. The number of halogens is 2. The highest BCUT2D eigenvalue weighted by atomic mass is 79.9. The molecule has 1 N–H and O–H groups in total. The minimum Gasteiger partial charge on any atom is -0.323 e. The largest absolute Gasteiger partial charge is 0.323 e. The van der Waals surface area contributed by atoms with Gasteiger partial charge in [-0.05, 0) is 30.3 Å². The van der Waals surface area contributed by atoms with Crippen molar-refractivity contribution in [2.24, 2.45) is 5.92 Å². The molecule has 118 valence electrons. The van der Waals surface area contributed by atoms with E-state index in [1.807, 2.05) is 24.3 Å². The van der Waals surface area contributed by atoms with Gasteiger partial charge >= 0.3 is 0 Å². The van der Waals surface area contributed by atoms with Crippen molar-refractivity contribution < 1.29 is 14.0 Å². The summed E-state index contributed by atoms with van der Waals surface area (Å²) in [7, 11) is 0. The molecule has 1 fully saturated rings. The van der Waals surface area contributed by atoms with E-state index in [-0.39, 0.29) is 30.5 Å². The first kappa shape index (κ1) is 15.7. The van der Waals surface area contributed by atoms with Crippen LogP contribution < -0.4 is 10.2 Å². The predicted octanol–water partition coefficient (Wildman–Crippen LogP) is 3.58. The van der Waals surface area contributed by atoms with E-state index in [4.69, 9.17) is 0 Å². The number of carbonyl (C=O) groups excluding carboxylic acids is 2. The van der Waals surface area contributed by atoms with E-state index in [9.17, 15) is 14.0 Å². The third-order valence-electron chi connectivity index (χ3n) is 3.75. The summed E-state index contributed by atoms with van der Waals surface area (Å²) in [5, 5.41) is 2.55. The molecule has 3 rings (SSSR count). The van der Waals surface area contributed by atoms with Crippen LogP contribution in [0.5, 0.6) is 0 Å². The Hall–Kier alpha value is -2.21. The molecule has 23 heavy (non-hydrogen) atoms. The van der Waals surface area contributed by atoms with Crippen LogP contribution in [-0.4, -0.2) is 18.4 Å². The first-order chi connectivity index (χ1) is 11.0. The first-order valence-corrected chi connectivity index (χ1v) is 7.95. The van der Waals surface area contributed by atoms with E-state index in [2.05, 4.69) is 21.2 Å². The predicted molar refractivity (Wildman–Crippen MR) is 89.6 cm³/mol. The maximum Gasteiger partial charge on any atom is 0.229 e. The molecule has 1 saturated heterocycles. The molecule has 1 atom stereocenters. The Morgan fingerprint density at radius 1 is 1.22 bits per heavy atom. The molecule has 0 bridgehead atoms. The Bertz CT molecular complexity index is 766. The highest BCUT2D eigenvalue weighted by Crippen LogP contribution is 2.28. The second-order valence-electron chi connectivity index (χ2n) is 5.35. The van der Waals surface area contributed by atoms with Gasteiger partial charge in [0.15, 0.2) is 0 Å². The Morgan fingerprint density at radius 3 is 2.74 bits per heavy atom. The lowest BCUT2D eigenvalue weighted by molar-refractivity contribution is -0.122. The summed E-state index contributed by atoms with van der Waals surface area (Å²) < 4.78 is 14.5. The molecule has 2 amide bonds. The van der Waals surface area contributed by atoms with E-state index in [1.165, 1.54) is 12.1 Å². The SMILES string of the molecule is O=C(Nc1ccccc1F)[C@H]1CC(=O)N(c2cccc(Br)c2)C1. The summed E-state index contributed by atoms with van der Waals surface area (Å²) in [6.07, 6.45) is 0.118. The molecular weight excluding hydrogens is 363 g/mol. The van der Waals surface area contributed by atoms with Gasteiger partial charge in [-0.2, -0.15) is 0 Å². The number of amides is 2. The lowest BCUT2D eigenvalue weighted by Gasteiger charge is -2.17. The van der Waals surface area contributed by atoms with Crippen LogP contribution in [-0.2, 0) is 9.59 Å². The van der Waals surface area contributed by atoms with Gasteiger partial charge in [0.05, 0.1) is 11.6 Å². The zero-order valence-electron chi connectivity index (χ0n) is 12.1. The number of nitrogens with one attached hydrogen (secondary N) is 1. The van der Waals surface area contributed by atoms with Gasteiger partial charge in [-0.15, -0.1) is 0 Å². The van der Waals surface area contributed by atoms with Crippen molar-refractivity contribution in [2.75, 3.05) is 16.8 Å². The fraction of sp³-hybridized carbons (Fsp3) is 0.176. The summed E-state index contributed by atoms with van der Waals surface area (Å²) in [5.74, 6) is -1.45. The van der Waals surface area contributed by atoms with Gasteiger partial charge in [-0.3, -0.25) is 9.59 Å². The number of carbonyl (C=O) groups is 2. The van der Waals surface area contributed by atoms with Crippen LogP contribution in [0.25, 0.3) is 0 Å². The quantitative estimate of drug-likeness (QED) is 0.889. The number of rotatable bonds is 3. The molecule has 0 spiro atoms. The van der Waals surface area contributed by atoms with Crippen molar-refractivity contribution in [2.45, 2.75) is 6.42 Å². The average molecular weight is 377 g/mol. The molecule has 2 aromatic rings. The van der Waals surface area contributed by atoms with Gasteiger partial charge in [0.2, 0.25) is 11.8 Å². The molecule has 1 aliphatic rings. The number of anilines is 2. The summed E-state index contributed by atoms with van der Waals surface area (Å²) in [5.41, 5.74) is 0.872. The molecular formula is C17H14BrFN2O2. The fourth-order valence-electron chi connectivity index (χ4n) is 2.57. The smallest absolute Gasteiger partial charge is 0.229 e. The summed E-state index contributed by atoms with van der Waals surface area (Å²) >= 11 is 3.37. The minimum absolute atomic E-state index is 0.114. The van der Waals surface area contributed by atoms with Crippen LogP contribution in [0, 0.1) is 11.7 Å². The first-order valence-electron chi connectivity index (χ1n) is 7.16. The Labute approximate surface area is 141 Å². The van der Waals surface area contributed by atoms with E-state index in [0.717, 1.165) is 10.2 Å². The van der Waals surface area contributed by atoms with Crippen LogP contribution in [0.2, 0.25) is 0 Å². The van der Waals surface area contributed by atoms with E-state index < -0.39 is 11.7 Å². The van der Waals surface area contributed by atoms with Crippen LogP contribution in [0.15, 0.2) is 53.0 Å². The van der Waals surface area contributed by atoms with Crippen molar-refractivity contribution in [3.63, 3.8) is 0 Å². The molecule has 0 radical (unpaired) electrons. The topological polar surface area (TPSA) is 49.4 Å². The summed E-state index contributed by atoms with van der Waals surface area (Å²) in [6.45, 7) is 0.287. The third-order valence-corrected chi connectivity index (χ3v) is 4.24. The highest BCUT2D eigenvalue weighted by molar-refractivity contribution is 9.10. The second-order valence-corrected chi connectivity index (χ2v) is 6.27. The number of benzene rings is 2. The van der Waals surface area contributed by atoms with Crippen molar-refractivity contribution in [3.05, 3.63) is 58.8 Å². The van der Waals surface area contributed by atoms with Crippen molar-refractivity contribution >= 4 is 39.1 Å². The minimum atomic E-state index is -0.499. The van der Waals surface area contributed by atoms with Gasteiger partial charge in [0.1, 0.15) is 5.82 Å².